The number of hydrogen-bond acceptors (Lipinski definition) is 3. The monoisotopic (exact) mass is 413 g/mol. The summed E-state index contributed by atoms with van der Waals surface area (Å²) >= 11 is 5.87. The van der Waals surface area contributed by atoms with Crippen LogP contribution in [-0.2, 0) is 16.0 Å². The van der Waals surface area contributed by atoms with Gasteiger partial charge in [0.15, 0.2) is 0 Å². The second-order valence-corrected chi connectivity index (χ2v) is 7.70. The van der Waals surface area contributed by atoms with E-state index in [9.17, 15) is 14.4 Å². The Morgan fingerprint density at radius 1 is 0.966 bits per heavy atom. The van der Waals surface area contributed by atoms with Crippen LogP contribution < -0.4 is 10.9 Å². The summed E-state index contributed by atoms with van der Waals surface area (Å²) in [6.45, 7) is 2.99. The third-order valence-corrected chi connectivity index (χ3v) is 5.35. The fourth-order valence-corrected chi connectivity index (χ4v) is 3.40. The molecule has 2 aromatic carbocycles. The van der Waals surface area contributed by atoms with Crippen LogP contribution in [0.5, 0.6) is 0 Å². The minimum atomic E-state index is -0.353. The van der Waals surface area contributed by atoms with Crippen LogP contribution in [0.4, 0.5) is 0 Å². The first kappa shape index (κ1) is 20.9. The van der Waals surface area contributed by atoms with Gasteiger partial charge in [0.05, 0.1) is 6.42 Å². The van der Waals surface area contributed by atoms with Crippen molar-refractivity contribution in [3.05, 3.63) is 70.2 Å². The Bertz CT molecular complexity index is 873. The SMILES string of the molecule is Cc1ccc(C(=O)NNC(=O)C2CCN(C(=O)Cc3ccc(Cl)cc3)CC2)cc1. The lowest BCUT2D eigenvalue weighted by atomic mass is 9.95. The number of amides is 3. The summed E-state index contributed by atoms with van der Waals surface area (Å²) in [6, 6.07) is 14.3. The zero-order chi connectivity index (χ0) is 20.8. The van der Waals surface area contributed by atoms with Crippen molar-refractivity contribution in [1.82, 2.24) is 15.8 Å². The average Bonchev–Trinajstić information content (AvgIpc) is 2.74. The number of carbonyl (C=O) groups excluding carboxylic acids is 3. The summed E-state index contributed by atoms with van der Waals surface area (Å²) < 4.78 is 0. The van der Waals surface area contributed by atoms with Gasteiger partial charge in [-0.15, -0.1) is 0 Å². The predicted octanol–water partition coefficient (Wildman–Crippen LogP) is 2.89. The van der Waals surface area contributed by atoms with Crippen molar-refractivity contribution in [2.45, 2.75) is 26.2 Å². The molecule has 0 aliphatic carbocycles. The maximum atomic E-state index is 12.5. The molecule has 0 unspecified atom stereocenters. The summed E-state index contributed by atoms with van der Waals surface area (Å²) in [6.07, 6.45) is 1.46. The molecule has 2 aromatic rings. The minimum absolute atomic E-state index is 0.0406. The van der Waals surface area contributed by atoms with Gasteiger partial charge in [-0.1, -0.05) is 41.4 Å². The fourth-order valence-electron chi connectivity index (χ4n) is 3.28. The summed E-state index contributed by atoms with van der Waals surface area (Å²) in [5.74, 6) is -0.768. The van der Waals surface area contributed by atoms with E-state index in [0.717, 1.165) is 11.1 Å². The molecule has 7 heteroatoms. The summed E-state index contributed by atoms with van der Waals surface area (Å²) in [5, 5.41) is 0.641. The number of aryl methyl sites for hydroxylation is 1. The quantitative estimate of drug-likeness (QED) is 0.756. The van der Waals surface area contributed by atoms with E-state index >= 15 is 0 Å². The van der Waals surface area contributed by atoms with Gasteiger partial charge in [-0.05, 0) is 49.6 Å². The molecule has 6 nitrogen and oxygen atoms in total. The Hall–Kier alpha value is -2.86. The van der Waals surface area contributed by atoms with Crippen molar-refractivity contribution < 1.29 is 14.4 Å². The minimum Gasteiger partial charge on any atom is -0.342 e. The van der Waals surface area contributed by atoms with Crippen molar-refractivity contribution in [2.75, 3.05) is 13.1 Å². The lowest BCUT2D eigenvalue weighted by molar-refractivity contribution is -0.135. The zero-order valence-electron chi connectivity index (χ0n) is 16.3. The molecule has 152 valence electrons. The summed E-state index contributed by atoms with van der Waals surface area (Å²) in [5.41, 5.74) is 7.41. The highest BCUT2D eigenvalue weighted by molar-refractivity contribution is 6.30. The molecule has 1 heterocycles. The maximum absolute atomic E-state index is 12.5. The van der Waals surface area contributed by atoms with Crippen molar-refractivity contribution in [2.24, 2.45) is 5.92 Å². The topological polar surface area (TPSA) is 78.5 Å². The Morgan fingerprint density at radius 3 is 2.21 bits per heavy atom. The highest BCUT2D eigenvalue weighted by Crippen LogP contribution is 2.19. The van der Waals surface area contributed by atoms with Crippen molar-refractivity contribution >= 4 is 29.3 Å². The van der Waals surface area contributed by atoms with Crippen molar-refractivity contribution in [3.63, 3.8) is 0 Å². The molecule has 0 radical (unpaired) electrons. The van der Waals surface area contributed by atoms with E-state index < -0.39 is 0 Å². The van der Waals surface area contributed by atoms with E-state index in [2.05, 4.69) is 10.9 Å². The largest absolute Gasteiger partial charge is 0.342 e. The molecular weight excluding hydrogens is 390 g/mol. The number of piperidine rings is 1. The van der Waals surface area contributed by atoms with Crippen molar-refractivity contribution in [1.29, 1.82) is 0 Å². The summed E-state index contributed by atoms with van der Waals surface area (Å²) in [7, 11) is 0. The molecule has 29 heavy (non-hydrogen) atoms. The van der Waals surface area contributed by atoms with Crippen LogP contribution in [0.15, 0.2) is 48.5 Å². The first-order valence-corrected chi connectivity index (χ1v) is 9.99. The first-order chi connectivity index (χ1) is 13.9. The molecule has 1 saturated heterocycles. The molecule has 0 saturated carbocycles. The summed E-state index contributed by atoms with van der Waals surface area (Å²) in [4.78, 5) is 38.7. The van der Waals surface area contributed by atoms with Gasteiger partial charge < -0.3 is 4.90 Å². The fraction of sp³-hybridized carbons (Fsp3) is 0.318. The van der Waals surface area contributed by atoms with Gasteiger partial charge in [-0.25, -0.2) is 0 Å². The molecule has 1 aliphatic rings. The molecule has 0 atom stereocenters. The smallest absolute Gasteiger partial charge is 0.269 e. The van der Waals surface area contributed by atoms with E-state index in [-0.39, 0.29) is 23.6 Å². The number of hydrogen-bond donors (Lipinski definition) is 2. The van der Waals surface area contributed by atoms with Crippen LogP contribution in [0.1, 0.15) is 34.3 Å². The first-order valence-electron chi connectivity index (χ1n) is 9.61. The molecule has 3 amide bonds. The molecule has 0 spiro atoms. The van der Waals surface area contributed by atoms with Crippen LogP contribution in [-0.4, -0.2) is 35.7 Å². The third kappa shape index (κ3) is 5.81. The van der Waals surface area contributed by atoms with Gasteiger partial charge in [0, 0.05) is 29.6 Å². The van der Waals surface area contributed by atoms with Crippen LogP contribution >= 0.6 is 11.6 Å². The number of likely N-dealkylation sites (tertiary alicyclic amines) is 1. The van der Waals surface area contributed by atoms with Crippen LogP contribution in [0.3, 0.4) is 0 Å². The second kappa shape index (κ2) is 9.56. The van der Waals surface area contributed by atoms with Gasteiger partial charge in [0.25, 0.3) is 5.91 Å². The predicted molar refractivity (Wildman–Crippen MR) is 111 cm³/mol. The molecule has 0 aromatic heterocycles. The molecule has 1 aliphatic heterocycles. The van der Waals surface area contributed by atoms with Gasteiger partial charge in [0.2, 0.25) is 11.8 Å². The maximum Gasteiger partial charge on any atom is 0.269 e. The van der Waals surface area contributed by atoms with Crippen LogP contribution in [0.2, 0.25) is 5.02 Å². The molecule has 1 fully saturated rings. The lowest BCUT2D eigenvalue weighted by Gasteiger charge is -2.31. The number of hydrazine groups is 1. The van der Waals surface area contributed by atoms with E-state index in [1.54, 1.807) is 29.2 Å². The molecule has 3 rings (SSSR count). The van der Waals surface area contributed by atoms with Gasteiger partial charge in [0.1, 0.15) is 0 Å². The molecular formula is C22H24ClN3O3. The molecule has 0 bridgehead atoms. The Kier molecular flexibility index (Phi) is 6.88. The van der Waals surface area contributed by atoms with Gasteiger partial charge >= 0.3 is 0 Å². The average molecular weight is 414 g/mol. The Morgan fingerprint density at radius 2 is 1.59 bits per heavy atom. The third-order valence-electron chi connectivity index (χ3n) is 5.10. The standard InChI is InChI=1S/C22H24ClN3O3/c1-15-2-6-17(7-3-15)21(28)24-25-22(29)18-10-12-26(13-11-18)20(27)14-16-4-8-19(23)9-5-16/h2-9,18H,10-14H2,1H3,(H,24,28)(H,25,29). The van der Waals surface area contributed by atoms with Crippen LogP contribution in [0.25, 0.3) is 0 Å². The lowest BCUT2D eigenvalue weighted by Crippen LogP contribution is -2.48. The van der Waals surface area contributed by atoms with E-state index in [4.69, 9.17) is 11.6 Å². The Labute approximate surface area is 175 Å². The number of benzene rings is 2. The highest BCUT2D eigenvalue weighted by atomic mass is 35.5. The van der Waals surface area contributed by atoms with Gasteiger partial charge in [-0.3, -0.25) is 25.2 Å². The molecule has 2 N–H and O–H groups in total. The van der Waals surface area contributed by atoms with Gasteiger partial charge in [-0.2, -0.15) is 0 Å². The second-order valence-electron chi connectivity index (χ2n) is 7.27. The number of halogens is 1. The number of nitrogens with zero attached hydrogens (tertiary/aromatic N) is 1. The van der Waals surface area contributed by atoms with Crippen LogP contribution in [0, 0.1) is 12.8 Å². The van der Waals surface area contributed by atoms with Crippen molar-refractivity contribution in [3.8, 4) is 0 Å². The zero-order valence-corrected chi connectivity index (χ0v) is 17.0. The normalized spacial score (nSPS) is 14.3. The number of rotatable bonds is 4. The van der Waals surface area contributed by atoms with E-state index in [0.29, 0.717) is 42.9 Å². The number of carbonyl (C=O) groups is 3. The van der Waals surface area contributed by atoms with E-state index in [1.165, 1.54) is 0 Å². The van der Waals surface area contributed by atoms with E-state index in [1.807, 2.05) is 31.2 Å². The Balaban J connectivity index is 1.43. The number of nitrogens with one attached hydrogen (secondary N) is 2. The highest BCUT2D eigenvalue weighted by Gasteiger charge is 2.27.